The highest BCUT2D eigenvalue weighted by Gasteiger charge is 2.20. The predicted octanol–water partition coefficient (Wildman–Crippen LogP) is 3.23. The molecule has 0 amide bonds. The van der Waals surface area contributed by atoms with Gasteiger partial charge in [0.25, 0.3) is 0 Å². The first-order chi connectivity index (χ1) is 8.60. The van der Waals surface area contributed by atoms with Gasteiger partial charge in [-0.05, 0) is 24.5 Å². The van der Waals surface area contributed by atoms with Crippen LogP contribution in [-0.4, -0.2) is 16.7 Å². The minimum absolute atomic E-state index is 0.363. The summed E-state index contributed by atoms with van der Waals surface area (Å²) in [6.45, 7) is 6.59. The van der Waals surface area contributed by atoms with Crippen molar-refractivity contribution in [1.82, 2.24) is 9.55 Å². The van der Waals surface area contributed by atoms with Crippen molar-refractivity contribution in [2.24, 2.45) is 5.92 Å². The molecule has 0 aliphatic heterocycles. The van der Waals surface area contributed by atoms with E-state index in [-0.39, 0.29) is 0 Å². The minimum atomic E-state index is 0.363. The molecule has 0 fully saturated rings. The van der Waals surface area contributed by atoms with Gasteiger partial charge in [0.05, 0.1) is 12.6 Å². The third-order valence-electron chi connectivity index (χ3n) is 3.45. The third kappa shape index (κ3) is 1.92. The smallest absolute Gasteiger partial charge is 0.201 e. The molecule has 2 aromatic rings. The lowest BCUT2D eigenvalue weighted by molar-refractivity contribution is 0.377. The Morgan fingerprint density at radius 1 is 1.39 bits per heavy atom. The Morgan fingerprint density at radius 3 is 2.67 bits per heavy atom. The second kappa shape index (κ2) is 4.88. The van der Waals surface area contributed by atoms with E-state index in [1.807, 2.05) is 18.2 Å². The number of fused-ring (bicyclic) bond motifs is 1. The van der Waals surface area contributed by atoms with Gasteiger partial charge in [-0.3, -0.25) is 0 Å². The number of rotatable bonds is 4. The molecule has 0 aliphatic carbocycles. The number of nitrogens with zero attached hydrogens (tertiary/aromatic N) is 2. The Labute approximate surface area is 108 Å². The summed E-state index contributed by atoms with van der Waals surface area (Å²) in [7, 11) is 1.66. The molecule has 4 heteroatoms. The standard InChI is InChI=1S/C14H21N3O/c1-5-10(9(2)3)17-11-7-6-8-12(18-4)13(11)16-14(17)15/h6-10H,5H2,1-4H3,(H2,15,16). The van der Waals surface area contributed by atoms with Gasteiger partial charge in [-0.2, -0.15) is 0 Å². The molecule has 2 rings (SSSR count). The molecule has 0 radical (unpaired) electrons. The van der Waals surface area contributed by atoms with Gasteiger partial charge in [-0.1, -0.05) is 26.8 Å². The number of methoxy groups -OCH3 is 1. The van der Waals surface area contributed by atoms with Gasteiger partial charge in [-0.25, -0.2) is 4.98 Å². The number of nitrogens with two attached hydrogens (primary N) is 1. The van der Waals surface area contributed by atoms with E-state index in [9.17, 15) is 0 Å². The van der Waals surface area contributed by atoms with Crippen molar-refractivity contribution in [1.29, 1.82) is 0 Å². The van der Waals surface area contributed by atoms with Crippen molar-refractivity contribution in [2.75, 3.05) is 12.8 Å². The lowest BCUT2D eigenvalue weighted by Gasteiger charge is -2.22. The minimum Gasteiger partial charge on any atom is -0.494 e. The number of para-hydroxylation sites is 1. The van der Waals surface area contributed by atoms with E-state index in [1.165, 1.54) is 0 Å². The molecule has 1 unspecified atom stereocenters. The number of nitrogen functional groups attached to an aromatic ring is 1. The van der Waals surface area contributed by atoms with Crippen LogP contribution in [0.25, 0.3) is 11.0 Å². The fraction of sp³-hybridized carbons (Fsp3) is 0.500. The molecule has 0 bridgehead atoms. The van der Waals surface area contributed by atoms with Gasteiger partial charge < -0.3 is 15.0 Å². The molecule has 0 saturated heterocycles. The van der Waals surface area contributed by atoms with Crippen LogP contribution >= 0.6 is 0 Å². The van der Waals surface area contributed by atoms with Gasteiger partial charge in [0.2, 0.25) is 5.95 Å². The Morgan fingerprint density at radius 2 is 2.11 bits per heavy atom. The van der Waals surface area contributed by atoms with Gasteiger partial charge >= 0.3 is 0 Å². The highest BCUT2D eigenvalue weighted by atomic mass is 16.5. The summed E-state index contributed by atoms with van der Waals surface area (Å²) < 4.78 is 7.47. The van der Waals surface area contributed by atoms with Crippen LogP contribution < -0.4 is 10.5 Å². The summed E-state index contributed by atoms with van der Waals surface area (Å²) in [6.07, 6.45) is 1.03. The van der Waals surface area contributed by atoms with Crippen molar-refractivity contribution >= 4 is 17.0 Å². The van der Waals surface area contributed by atoms with E-state index in [2.05, 4.69) is 30.3 Å². The lowest BCUT2D eigenvalue weighted by atomic mass is 10.0. The molecule has 1 heterocycles. The van der Waals surface area contributed by atoms with E-state index >= 15 is 0 Å². The Kier molecular flexibility index (Phi) is 3.45. The molecule has 1 aromatic heterocycles. The number of ether oxygens (including phenoxy) is 1. The summed E-state index contributed by atoms with van der Waals surface area (Å²) in [5.74, 6) is 1.85. The molecule has 4 nitrogen and oxygen atoms in total. The molecule has 1 aromatic carbocycles. The molecule has 2 N–H and O–H groups in total. The average Bonchev–Trinajstić information content (AvgIpc) is 2.67. The highest BCUT2D eigenvalue weighted by Crippen LogP contribution is 2.33. The molecule has 0 saturated carbocycles. The van der Waals surface area contributed by atoms with Gasteiger partial charge in [0.15, 0.2) is 0 Å². The molecular formula is C14H21N3O. The van der Waals surface area contributed by atoms with Gasteiger partial charge in [-0.15, -0.1) is 0 Å². The van der Waals surface area contributed by atoms with E-state index in [0.717, 1.165) is 23.2 Å². The third-order valence-corrected chi connectivity index (χ3v) is 3.45. The van der Waals surface area contributed by atoms with E-state index in [1.54, 1.807) is 7.11 Å². The summed E-state index contributed by atoms with van der Waals surface area (Å²) in [5.41, 5.74) is 7.98. The monoisotopic (exact) mass is 247 g/mol. The number of anilines is 1. The van der Waals surface area contributed by atoms with Crippen LogP contribution in [0.3, 0.4) is 0 Å². The predicted molar refractivity (Wildman–Crippen MR) is 74.9 cm³/mol. The number of hydrogen-bond donors (Lipinski definition) is 1. The largest absolute Gasteiger partial charge is 0.494 e. The maximum Gasteiger partial charge on any atom is 0.201 e. The van der Waals surface area contributed by atoms with Crippen molar-refractivity contribution in [2.45, 2.75) is 33.2 Å². The topological polar surface area (TPSA) is 53.1 Å². The highest BCUT2D eigenvalue weighted by molar-refractivity contribution is 5.84. The van der Waals surface area contributed by atoms with E-state index < -0.39 is 0 Å². The van der Waals surface area contributed by atoms with Crippen LogP contribution in [0, 0.1) is 5.92 Å². The maximum absolute atomic E-state index is 6.09. The summed E-state index contributed by atoms with van der Waals surface area (Å²) >= 11 is 0. The number of benzene rings is 1. The zero-order valence-electron chi connectivity index (χ0n) is 11.5. The van der Waals surface area contributed by atoms with Crippen molar-refractivity contribution in [3.63, 3.8) is 0 Å². The quantitative estimate of drug-likeness (QED) is 0.902. The summed E-state index contributed by atoms with van der Waals surface area (Å²) in [5, 5.41) is 0. The second-order valence-corrected chi connectivity index (χ2v) is 4.89. The fourth-order valence-electron chi connectivity index (χ4n) is 2.57. The lowest BCUT2D eigenvalue weighted by Crippen LogP contribution is -2.16. The van der Waals surface area contributed by atoms with E-state index in [0.29, 0.717) is 17.9 Å². The van der Waals surface area contributed by atoms with Crippen LogP contribution in [0.4, 0.5) is 5.95 Å². The zero-order valence-corrected chi connectivity index (χ0v) is 11.5. The van der Waals surface area contributed by atoms with Gasteiger partial charge in [0, 0.05) is 6.04 Å². The normalized spacial score (nSPS) is 13.2. The number of aromatic nitrogens is 2. The average molecular weight is 247 g/mol. The summed E-state index contributed by atoms with van der Waals surface area (Å²) in [6, 6.07) is 6.30. The first-order valence-electron chi connectivity index (χ1n) is 6.40. The van der Waals surface area contributed by atoms with E-state index in [4.69, 9.17) is 10.5 Å². The van der Waals surface area contributed by atoms with Crippen LogP contribution in [0.2, 0.25) is 0 Å². The Hall–Kier alpha value is -1.71. The van der Waals surface area contributed by atoms with Crippen molar-refractivity contribution in [3.05, 3.63) is 18.2 Å². The van der Waals surface area contributed by atoms with Gasteiger partial charge in [0.1, 0.15) is 11.3 Å². The summed E-state index contributed by atoms with van der Waals surface area (Å²) in [4.78, 5) is 4.45. The molecule has 0 aliphatic rings. The first kappa shape index (κ1) is 12.7. The Bertz CT molecular complexity index is 545. The van der Waals surface area contributed by atoms with Crippen molar-refractivity contribution < 1.29 is 4.74 Å². The number of imidazole rings is 1. The molecule has 1 atom stereocenters. The van der Waals surface area contributed by atoms with Crippen molar-refractivity contribution in [3.8, 4) is 5.75 Å². The van der Waals surface area contributed by atoms with Crippen LogP contribution in [0.5, 0.6) is 5.75 Å². The molecular weight excluding hydrogens is 226 g/mol. The zero-order chi connectivity index (χ0) is 13.3. The number of hydrogen-bond acceptors (Lipinski definition) is 3. The fourth-order valence-corrected chi connectivity index (χ4v) is 2.57. The van der Waals surface area contributed by atoms with Crippen LogP contribution in [-0.2, 0) is 0 Å². The second-order valence-electron chi connectivity index (χ2n) is 4.89. The maximum atomic E-state index is 6.09. The molecule has 98 valence electrons. The molecule has 18 heavy (non-hydrogen) atoms. The SMILES string of the molecule is CCC(C(C)C)n1c(N)nc2c(OC)cccc21. The Balaban J connectivity index is 2.67. The molecule has 0 spiro atoms. The van der Waals surface area contributed by atoms with Crippen LogP contribution in [0.1, 0.15) is 33.2 Å². The first-order valence-corrected chi connectivity index (χ1v) is 6.40. The van der Waals surface area contributed by atoms with Crippen LogP contribution in [0.15, 0.2) is 18.2 Å².